The predicted octanol–water partition coefficient (Wildman–Crippen LogP) is 4.02. The average molecular weight is 299 g/mol. The van der Waals surface area contributed by atoms with E-state index in [1.54, 1.807) is 0 Å². The zero-order valence-electron chi connectivity index (χ0n) is 12.6. The smallest absolute Gasteiger partial charge is 0.251 e. The van der Waals surface area contributed by atoms with Gasteiger partial charge in [-0.3, -0.25) is 4.79 Å². The summed E-state index contributed by atoms with van der Waals surface area (Å²) in [7, 11) is 0. The van der Waals surface area contributed by atoms with E-state index in [9.17, 15) is 4.79 Å². The quantitative estimate of drug-likeness (QED) is 0.839. The Hall–Kier alpha value is -1.97. The second-order valence-electron chi connectivity index (χ2n) is 6.45. The Balaban J connectivity index is 1.46. The Bertz CT molecular complexity index is 617. The van der Waals surface area contributed by atoms with Crippen LogP contribution in [0.5, 0.6) is 11.5 Å². The van der Waals surface area contributed by atoms with Crippen LogP contribution in [0.1, 0.15) is 44.9 Å². The summed E-state index contributed by atoms with van der Waals surface area (Å²) in [4.78, 5) is 12.3. The lowest BCUT2D eigenvalue weighted by molar-refractivity contribution is -0.120. The van der Waals surface area contributed by atoms with Crippen molar-refractivity contribution in [2.24, 2.45) is 5.92 Å². The van der Waals surface area contributed by atoms with E-state index in [1.165, 1.54) is 0 Å². The molecule has 1 aromatic carbocycles. The van der Waals surface area contributed by atoms with Crippen molar-refractivity contribution in [3.63, 3.8) is 0 Å². The molecule has 4 rings (SSSR count). The maximum atomic E-state index is 12.3. The van der Waals surface area contributed by atoms with Crippen molar-refractivity contribution >= 4 is 11.6 Å². The number of allylic oxidation sites excluding steroid dienone is 2. The summed E-state index contributed by atoms with van der Waals surface area (Å²) < 4.78 is 12.0. The van der Waals surface area contributed by atoms with Crippen LogP contribution in [-0.2, 0) is 4.79 Å². The molecule has 0 saturated heterocycles. The lowest BCUT2D eigenvalue weighted by Gasteiger charge is -2.21. The Kier molecular flexibility index (Phi) is 3.32. The summed E-state index contributed by atoms with van der Waals surface area (Å²) in [6.45, 7) is 0. The molecule has 1 aliphatic heterocycles. The molecule has 1 atom stereocenters. The van der Waals surface area contributed by atoms with Crippen molar-refractivity contribution in [1.82, 2.24) is 0 Å². The van der Waals surface area contributed by atoms with Gasteiger partial charge < -0.3 is 14.8 Å². The minimum atomic E-state index is -0.445. The largest absolute Gasteiger partial charge is 0.448 e. The van der Waals surface area contributed by atoms with E-state index in [0.717, 1.165) is 62.1 Å². The van der Waals surface area contributed by atoms with E-state index >= 15 is 0 Å². The molecule has 4 nitrogen and oxygen atoms in total. The van der Waals surface area contributed by atoms with E-state index in [0.29, 0.717) is 0 Å². The summed E-state index contributed by atoms with van der Waals surface area (Å²) in [5.74, 6) is 1.28. The summed E-state index contributed by atoms with van der Waals surface area (Å²) in [6.07, 6.45) is 11.2. The highest BCUT2D eigenvalue weighted by Crippen LogP contribution is 2.47. The third-order valence-corrected chi connectivity index (χ3v) is 4.81. The number of anilines is 1. The average Bonchev–Trinajstić information content (AvgIpc) is 3.14. The van der Waals surface area contributed by atoms with Crippen LogP contribution in [0.25, 0.3) is 0 Å². The highest BCUT2D eigenvalue weighted by molar-refractivity contribution is 5.93. The summed E-state index contributed by atoms with van der Waals surface area (Å²) >= 11 is 0. The molecule has 1 heterocycles. The summed E-state index contributed by atoms with van der Waals surface area (Å²) in [6, 6.07) is 5.69. The molecule has 0 radical (unpaired) electrons. The highest BCUT2D eigenvalue weighted by atomic mass is 16.7. The van der Waals surface area contributed by atoms with Crippen LogP contribution in [0.2, 0.25) is 0 Å². The molecule has 1 aromatic rings. The first-order chi connectivity index (χ1) is 10.7. The molecule has 1 amide bonds. The number of hydrogen-bond acceptors (Lipinski definition) is 3. The van der Waals surface area contributed by atoms with Crippen molar-refractivity contribution in [3.05, 3.63) is 30.4 Å². The summed E-state index contributed by atoms with van der Waals surface area (Å²) in [5.41, 5.74) is 0.789. The van der Waals surface area contributed by atoms with Crippen molar-refractivity contribution in [3.8, 4) is 11.5 Å². The zero-order chi connectivity index (χ0) is 15.0. The fourth-order valence-corrected chi connectivity index (χ4v) is 3.57. The molecule has 1 saturated carbocycles. The Morgan fingerprint density at radius 1 is 1.14 bits per heavy atom. The molecule has 2 aliphatic carbocycles. The number of benzene rings is 1. The number of hydrogen-bond donors (Lipinski definition) is 1. The van der Waals surface area contributed by atoms with Gasteiger partial charge in [0.15, 0.2) is 11.5 Å². The van der Waals surface area contributed by atoms with Crippen molar-refractivity contribution in [2.75, 3.05) is 5.32 Å². The van der Waals surface area contributed by atoms with Crippen molar-refractivity contribution < 1.29 is 14.3 Å². The van der Waals surface area contributed by atoms with Gasteiger partial charge in [0.25, 0.3) is 5.79 Å². The van der Waals surface area contributed by atoms with Crippen LogP contribution in [0.3, 0.4) is 0 Å². The molecule has 1 N–H and O–H groups in total. The van der Waals surface area contributed by atoms with Crippen molar-refractivity contribution in [1.29, 1.82) is 0 Å². The van der Waals surface area contributed by atoms with E-state index in [2.05, 4.69) is 17.5 Å². The zero-order valence-corrected chi connectivity index (χ0v) is 12.6. The normalized spacial score (nSPS) is 24.6. The predicted molar refractivity (Wildman–Crippen MR) is 84.0 cm³/mol. The van der Waals surface area contributed by atoms with Gasteiger partial charge in [-0.25, -0.2) is 0 Å². The van der Waals surface area contributed by atoms with Gasteiger partial charge in [-0.05, 0) is 44.2 Å². The van der Waals surface area contributed by atoms with Crippen LogP contribution in [-0.4, -0.2) is 11.7 Å². The minimum absolute atomic E-state index is 0.0802. The number of nitrogens with one attached hydrogen (secondary N) is 1. The number of amides is 1. The first-order valence-electron chi connectivity index (χ1n) is 8.22. The number of ether oxygens (including phenoxy) is 2. The number of carbonyl (C=O) groups excluding carboxylic acids is 1. The first-order valence-corrected chi connectivity index (χ1v) is 8.22. The lowest BCUT2D eigenvalue weighted by atomic mass is 9.93. The van der Waals surface area contributed by atoms with Gasteiger partial charge in [0.1, 0.15) is 0 Å². The van der Waals surface area contributed by atoms with E-state index < -0.39 is 5.79 Å². The lowest BCUT2D eigenvalue weighted by Crippen LogP contribution is -2.34. The second kappa shape index (κ2) is 5.34. The van der Waals surface area contributed by atoms with E-state index in [1.807, 2.05) is 18.2 Å². The van der Waals surface area contributed by atoms with Gasteiger partial charge in [0, 0.05) is 30.5 Å². The fourth-order valence-electron chi connectivity index (χ4n) is 3.57. The Morgan fingerprint density at radius 2 is 1.95 bits per heavy atom. The first kappa shape index (κ1) is 13.7. The number of fused-ring (bicyclic) bond motifs is 1. The van der Waals surface area contributed by atoms with Gasteiger partial charge in [0.05, 0.1) is 0 Å². The fraction of sp³-hybridized carbons (Fsp3) is 0.500. The Morgan fingerprint density at radius 3 is 2.73 bits per heavy atom. The van der Waals surface area contributed by atoms with Crippen LogP contribution in [0, 0.1) is 5.92 Å². The van der Waals surface area contributed by atoms with Crippen LogP contribution in [0.4, 0.5) is 5.69 Å². The van der Waals surface area contributed by atoms with Gasteiger partial charge in [-0.1, -0.05) is 12.2 Å². The molecule has 1 spiro atoms. The summed E-state index contributed by atoms with van der Waals surface area (Å²) in [5, 5.41) is 3.01. The molecule has 0 aromatic heterocycles. The standard InChI is InChI=1S/C18H21NO3/c20-17(13-6-2-1-3-7-13)19-14-8-9-15-16(12-14)22-18(21-15)10-4-5-11-18/h1-2,8-9,12-13H,3-7,10-11H2,(H,19,20). The molecule has 116 valence electrons. The molecule has 4 heteroatoms. The molecule has 3 aliphatic rings. The maximum absolute atomic E-state index is 12.3. The molecule has 22 heavy (non-hydrogen) atoms. The number of rotatable bonds is 2. The molecule has 0 bridgehead atoms. The highest BCUT2D eigenvalue weighted by Gasteiger charge is 2.44. The monoisotopic (exact) mass is 299 g/mol. The number of carbonyl (C=O) groups is 1. The van der Waals surface area contributed by atoms with Gasteiger partial charge >= 0.3 is 0 Å². The Labute approximate surface area is 130 Å². The van der Waals surface area contributed by atoms with Gasteiger partial charge in [0.2, 0.25) is 5.91 Å². The molecule has 1 unspecified atom stereocenters. The van der Waals surface area contributed by atoms with E-state index in [4.69, 9.17) is 9.47 Å². The van der Waals surface area contributed by atoms with Crippen LogP contribution in [0.15, 0.2) is 30.4 Å². The third-order valence-electron chi connectivity index (χ3n) is 4.81. The SMILES string of the molecule is O=C(Nc1ccc2c(c1)OC1(CCCC1)O2)C1CC=CCC1. The molecular weight excluding hydrogens is 278 g/mol. The van der Waals surface area contributed by atoms with E-state index in [-0.39, 0.29) is 11.8 Å². The van der Waals surface area contributed by atoms with Crippen molar-refractivity contribution in [2.45, 2.75) is 50.7 Å². The topological polar surface area (TPSA) is 47.6 Å². The third kappa shape index (κ3) is 2.47. The molecule has 1 fully saturated rings. The van der Waals surface area contributed by atoms with Gasteiger partial charge in [-0.2, -0.15) is 0 Å². The maximum Gasteiger partial charge on any atom is 0.251 e. The van der Waals surface area contributed by atoms with Crippen LogP contribution >= 0.6 is 0 Å². The molecular formula is C18H21NO3. The second-order valence-corrected chi connectivity index (χ2v) is 6.45. The van der Waals surface area contributed by atoms with Crippen LogP contribution < -0.4 is 14.8 Å². The minimum Gasteiger partial charge on any atom is -0.448 e. The van der Waals surface area contributed by atoms with Gasteiger partial charge in [-0.15, -0.1) is 0 Å².